The molecule has 1 aliphatic heterocycles. The summed E-state index contributed by atoms with van der Waals surface area (Å²) >= 11 is 0. The first-order chi connectivity index (χ1) is 17.5. The summed E-state index contributed by atoms with van der Waals surface area (Å²) in [5.74, 6) is -1.13. The highest BCUT2D eigenvalue weighted by Crippen LogP contribution is 2.39. The van der Waals surface area contributed by atoms with Crippen LogP contribution in [0.2, 0.25) is 18.1 Å². The van der Waals surface area contributed by atoms with E-state index >= 15 is 0 Å². The monoisotopic (exact) mass is 554 g/mol. The number of aldehydes is 1. The minimum absolute atomic E-state index is 0.0587. The third-order valence-electron chi connectivity index (χ3n) is 7.46. The highest BCUT2D eigenvalue weighted by atomic mass is 28.4. The zero-order valence-corrected chi connectivity index (χ0v) is 26.3. The van der Waals surface area contributed by atoms with Gasteiger partial charge in [0.05, 0.1) is 12.5 Å². The van der Waals surface area contributed by atoms with Gasteiger partial charge in [-0.3, -0.25) is 14.4 Å². The summed E-state index contributed by atoms with van der Waals surface area (Å²) in [6, 6.07) is 0. The zero-order valence-electron chi connectivity index (χ0n) is 25.3. The van der Waals surface area contributed by atoms with E-state index in [1.807, 2.05) is 33.8 Å². The molecule has 1 aliphatic rings. The lowest BCUT2D eigenvalue weighted by atomic mass is 9.88. The fourth-order valence-electron chi connectivity index (χ4n) is 4.28. The maximum atomic E-state index is 13.2. The normalized spacial score (nSPS) is 29.9. The van der Waals surface area contributed by atoms with Gasteiger partial charge in [-0.25, -0.2) is 0 Å². The van der Waals surface area contributed by atoms with Gasteiger partial charge in [0.1, 0.15) is 24.1 Å². The summed E-state index contributed by atoms with van der Waals surface area (Å²) in [6.45, 7) is 21.8. The van der Waals surface area contributed by atoms with Gasteiger partial charge in [0.15, 0.2) is 14.6 Å². The molecule has 0 spiro atoms. The minimum atomic E-state index is -2.24. The lowest BCUT2D eigenvalue weighted by molar-refractivity contribution is -0.227. The van der Waals surface area contributed by atoms with Crippen LogP contribution in [0.15, 0.2) is 23.8 Å². The topological polar surface area (TPSA) is 97.4 Å². The number of allylic oxidation sites excluding steroid dienone is 1. The quantitative estimate of drug-likeness (QED) is 0.0868. The van der Waals surface area contributed by atoms with Crippen LogP contribution in [-0.2, 0) is 37.8 Å². The molecule has 8 nitrogen and oxygen atoms in total. The van der Waals surface area contributed by atoms with Crippen molar-refractivity contribution in [1.82, 2.24) is 0 Å². The second-order valence-electron chi connectivity index (χ2n) is 11.9. The lowest BCUT2D eigenvalue weighted by Crippen LogP contribution is -2.48. The summed E-state index contributed by atoms with van der Waals surface area (Å²) in [4.78, 5) is 36.6. The van der Waals surface area contributed by atoms with Crippen molar-refractivity contribution in [2.24, 2.45) is 5.92 Å². The highest BCUT2D eigenvalue weighted by molar-refractivity contribution is 6.74. The number of hydrogen-bond donors (Lipinski definition) is 0. The Hall–Kier alpha value is -1.81. The molecule has 0 N–H and O–H groups in total. The molecule has 0 fully saturated rings. The highest BCUT2D eigenvalue weighted by Gasteiger charge is 2.43. The fraction of sp³-hybridized carbons (Fsp3) is 0.759. The Bertz CT molecular complexity index is 859. The van der Waals surface area contributed by atoms with Gasteiger partial charge in [0, 0.05) is 19.4 Å². The number of hydrogen-bond acceptors (Lipinski definition) is 8. The average Bonchev–Trinajstić information content (AvgIpc) is 2.76. The van der Waals surface area contributed by atoms with E-state index in [4.69, 9.17) is 23.4 Å². The van der Waals surface area contributed by atoms with Crippen molar-refractivity contribution in [2.75, 3.05) is 6.61 Å². The molecule has 218 valence electrons. The molecule has 6 atom stereocenters. The molecule has 0 saturated carbocycles. The maximum Gasteiger partial charge on any atom is 0.308 e. The summed E-state index contributed by atoms with van der Waals surface area (Å²) in [7, 11) is -2.24. The zero-order chi connectivity index (χ0) is 29.3. The van der Waals surface area contributed by atoms with Crippen molar-refractivity contribution in [2.45, 2.75) is 130 Å². The van der Waals surface area contributed by atoms with E-state index in [1.54, 1.807) is 13.0 Å². The number of ether oxygens (including phenoxy) is 4. The van der Waals surface area contributed by atoms with Gasteiger partial charge in [-0.05, 0) is 76.4 Å². The number of carbonyl (C=O) groups excluding carboxylic acids is 3. The smallest absolute Gasteiger partial charge is 0.308 e. The van der Waals surface area contributed by atoms with Gasteiger partial charge < -0.3 is 23.4 Å². The predicted molar refractivity (Wildman–Crippen MR) is 150 cm³/mol. The number of cyclic esters (lactones) is 1. The molecule has 0 radical (unpaired) electrons. The van der Waals surface area contributed by atoms with Crippen LogP contribution in [0.4, 0.5) is 0 Å². The SMILES string of the molecule is CCOC(C)OC1(C)CCC(O[Si](C)(C)C(C)(C)C)CC(=O)OC(/C(C)=C/C=O)C(C)/C=C\C1OC(C)=O. The Morgan fingerprint density at radius 2 is 1.89 bits per heavy atom. The average molecular weight is 555 g/mol. The van der Waals surface area contributed by atoms with Crippen LogP contribution >= 0.6 is 0 Å². The molecule has 1 rings (SSSR count). The van der Waals surface area contributed by atoms with E-state index in [2.05, 4.69) is 33.9 Å². The van der Waals surface area contributed by atoms with Gasteiger partial charge in [-0.15, -0.1) is 0 Å². The van der Waals surface area contributed by atoms with Gasteiger partial charge in [0.2, 0.25) is 0 Å². The van der Waals surface area contributed by atoms with Gasteiger partial charge in [-0.1, -0.05) is 33.8 Å². The molecule has 0 amide bonds. The van der Waals surface area contributed by atoms with Crippen molar-refractivity contribution in [3.8, 4) is 0 Å². The van der Waals surface area contributed by atoms with Crippen LogP contribution in [0.5, 0.6) is 0 Å². The minimum Gasteiger partial charge on any atom is -0.457 e. The van der Waals surface area contributed by atoms with E-state index in [0.29, 0.717) is 31.3 Å². The summed E-state index contributed by atoms with van der Waals surface area (Å²) < 4.78 is 30.4. The van der Waals surface area contributed by atoms with Crippen LogP contribution in [0, 0.1) is 5.92 Å². The van der Waals surface area contributed by atoms with E-state index in [-0.39, 0.29) is 23.3 Å². The molecule has 6 unspecified atom stereocenters. The molecular formula is C29H50O8Si. The Labute approximate surface area is 230 Å². The van der Waals surface area contributed by atoms with Crippen LogP contribution in [0.3, 0.4) is 0 Å². The van der Waals surface area contributed by atoms with E-state index in [9.17, 15) is 14.4 Å². The molecule has 0 aromatic rings. The summed E-state index contributed by atoms with van der Waals surface area (Å²) in [6.07, 6.45) is 4.32. The van der Waals surface area contributed by atoms with E-state index in [1.165, 1.54) is 13.0 Å². The molecule has 1 heterocycles. The van der Waals surface area contributed by atoms with Crippen LogP contribution in [0.25, 0.3) is 0 Å². The fourth-order valence-corrected chi connectivity index (χ4v) is 5.66. The first kappa shape index (κ1) is 34.2. The predicted octanol–water partition coefficient (Wildman–Crippen LogP) is 5.90. The van der Waals surface area contributed by atoms with Crippen molar-refractivity contribution in [3.05, 3.63) is 23.8 Å². The van der Waals surface area contributed by atoms with Crippen LogP contribution in [-0.4, -0.2) is 63.4 Å². The van der Waals surface area contributed by atoms with Crippen molar-refractivity contribution < 1.29 is 37.8 Å². The Balaban J connectivity index is 3.62. The largest absolute Gasteiger partial charge is 0.457 e. The maximum absolute atomic E-state index is 13.2. The standard InChI is InChI=1S/C29H50O8Si/c1-12-33-23(5)36-29(9)17-15-24(37-38(10,11)28(6,7)8)19-26(32)35-27(21(3)16-18-30)20(2)13-14-25(29)34-22(4)31/h13-14,16,18,20,23-25,27H,12,15,17,19H2,1-11H3/b14-13-,21-16+. The number of carbonyl (C=O) groups is 3. The van der Waals surface area contributed by atoms with Gasteiger partial charge >= 0.3 is 11.9 Å². The second-order valence-corrected chi connectivity index (χ2v) is 16.7. The Morgan fingerprint density at radius 1 is 1.26 bits per heavy atom. The van der Waals surface area contributed by atoms with Gasteiger partial charge in [-0.2, -0.15) is 0 Å². The lowest BCUT2D eigenvalue weighted by Gasteiger charge is -2.42. The molecule has 0 aromatic heterocycles. The van der Waals surface area contributed by atoms with E-state index < -0.39 is 44.5 Å². The third kappa shape index (κ3) is 10.4. The second kappa shape index (κ2) is 14.5. The molecule has 0 aromatic carbocycles. The molecular weight excluding hydrogens is 504 g/mol. The summed E-state index contributed by atoms with van der Waals surface area (Å²) in [5, 5.41) is -0.0623. The number of rotatable bonds is 9. The Kier molecular flexibility index (Phi) is 13.1. The molecule has 0 bridgehead atoms. The van der Waals surface area contributed by atoms with Gasteiger partial charge in [0.25, 0.3) is 0 Å². The first-order valence-corrected chi connectivity index (χ1v) is 16.5. The molecule has 0 aliphatic carbocycles. The molecule has 9 heteroatoms. The Morgan fingerprint density at radius 3 is 2.42 bits per heavy atom. The van der Waals surface area contributed by atoms with Crippen LogP contribution in [0.1, 0.15) is 81.6 Å². The van der Waals surface area contributed by atoms with E-state index in [0.717, 1.165) is 0 Å². The van der Waals surface area contributed by atoms with Crippen molar-refractivity contribution in [3.63, 3.8) is 0 Å². The third-order valence-corrected chi connectivity index (χ3v) is 12.0. The van der Waals surface area contributed by atoms with Crippen molar-refractivity contribution >= 4 is 26.5 Å². The summed E-state index contributed by atoms with van der Waals surface area (Å²) in [5.41, 5.74) is -0.338. The molecule has 0 saturated heterocycles. The first-order valence-electron chi connectivity index (χ1n) is 13.6. The number of esters is 2. The van der Waals surface area contributed by atoms with Crippen molar-refractivity contribution in [1.29, 1.82) is 0 Å². The van der Waals surface area contributed by atoms with Crippen LogP contribution < -0.4 is 0 Å². The molecule has 38 heavy (non-hydrogen) atoms.